The highest BCUT2D eigenvalue weighted by molar-refractivity contribution is 5.97. The Labute approximate surface area is 154 Å². The van der Waals surface area contributed by atoms with Crippen molar-refractivity contribution in [3.05, 3.63) is 60.2 Å². The monoisotopic (exact) mass is 374 g/mol. The molecular weight excluding hydrogens is 358 g/mol. The number of esters is 1. The van der Waals surface area contributed by atoms with Crippen molar-refractivity contribution < 1.29 is 27.8 Å². The van der Waals surface area contributed by atoms with E-state index in [4.69, 9.17) is 10.00 Å². The number of alkyl halides is 2. The maximum Gasteiger partial charge on any atom is 0.387 e. The first kappa shape index (κ1) is 19.8. The fraction of sp³-hybridized carbons (Fsp3) is 0.211. The van der Waals surface area contributed by atoms with E-state index in [1.807, 2.05) is 6.07 Å². The molecular formula is C19H16F2N2O4. The van der Waals surface area contributed by atoms with Crippen molar-refractivity contribution in [3.63, 3.8) is 0 Å². The van der Waals surface area contributed by atoms with Crippen LogP contribution in [0.4, 0.5) is 14.5 Å². The van der Waals surface area contributed by atoms with Gasteiger partial charge in [-0.1, -0.05) is 18.2 Å². The molecule has 27 heavy (non-hydrogen) atoms. The van der Waals surface area contributed by atoms with E-state index in [2.05, 4.69) is 4.74 Å². The lowest BCUT2D eigenvalue weighted by Gasteiger charge is -2.21. The summed E-state index contributed by atoms with van der Waals surface area (Å²) in [6, 6.07) is 15.6. The topological polar surface area (TPSA) is 79.6 Å². The number of amides is 1. The average Bonchev–Trinajstić information content (AvgIpc) is 2.67. The number of halogens is 2. The Morgan fingerprint density at radius 1 is 1.07 bits per heavy atom. The van der Waals surface area contributed by atoms with E-state index in [9.17, 15) is 18.4 Å². The average molecular weight is 374 g/mol. The van der Waals surface area contributed by atoms with E-state index < -0.39 is 25.1 Å². The number of hydrogen-bond acceptors (Lipinski definition) is 5. The first-order valence-corrected chi connectivity index (χ1v) is 7.95. The first-order valence-electron chi connectivity index (χ1n) is 7.95. The molecule has 2 rings (SSSR count). The predicted octanol–water partition coefficient (Wildman–Crippen LogP) is 3.39. The molecule has 0 fully saturated rings. The van der Waals surface area contributed by atoms with Crippen molar-refractivity contribution >= 4 is 17.6 Å². The van der Waals surface area contributed by atoms with Gasteiger partial charge in [0.1, 0.15) is 5.75 Å². The Balaban J connectivity index is 1.97. The van der Waals surface area contributed by atoms with Crippen LogP contribution in [0.3, 0.4) is 0 Å². The van der Waals surface area contributed by atoms with Crippen LogP contribution < -0.4 is 9.64 Å². The Kier molecular flexibility index (Phi) is 7.26. The van der Waals surface area contributed by atoms with Gasteiger partial charge in [0.25, 0.3) is 5.91 Å². The Morgan fingerprint density at radius 3 is 2.33 bits per heavy atom. The number of carbonyl (C=O) groups is 2. The third-order valence-corrected chi connectivity index (χ3v) is 3.46. The van der Waals surface area contributed by atoms with Gasteiger partial charge >= 0.3 is 12.6 Å². The minimum atomic E-state index is -2.96. The summed E-state index contributed by atoms with van der Waals surface area (Å²) in [5.41, 5.74) is 0.676. The zero-order valence-corrected chi connectivity index (χ0v) is 14.2. The second-order valence-electron chi connectivity index (χ2n) is 5.27. The molecule has 0 aliphatic heterocycles. The highest BCUT2D eigenvalue weighted by Crippen LogP contribution is 2.16. The number of hydrogen-bond donors (Lipinski definition) is 0. The highest BCUT2D eigenvalue weighted by atomic mass is 19.3. The van der Waals surface area contributed by atoms with E-state index in [0.29, 0.717) is 5.69 Å². The summed E-state index contributed by atoms with van der Waals surface area (Å²) in [4.78, 5) is 25.8. The van der Waals surface area contributed by atoms with Gasteiger partial charge in [0.2, 0.25) is 0 Å². The van der Waals surface area contributed by atoms with Crippen LogP contribution in [0, 0.1) is 11.3 Å². The minimum Gasteiger partial charge on any atom is -0.452 e. The van der Waals surface area contributed by atoms with E-state index in [-0.39, 0.29) is 24.3 Å². The molecule has 0 unspecified atom stereocenters. The molecule has 0 radical (unpaired) electrons. The molecule has 0 saturated heterocycles. The van der Waals surface area contributed by atoms with Gasteiger partial charge in [-0.25, -0.2) is 4.79 Å². The van der Waals surface area contributed by atoms with Crippen LogP contribution in [-0.4, -0.2) is 31.6 Å². The fourth-order valence-electron chi connectivity index (χ4n) is 2.23. The van der Waals surface area contributed by atoms with Crippen LogP contribution in [0.25, 0.3) is 0 Å². The molecule has 0 bridgehead atoms. The Hall–Kier alpha value is -3.47. The molecule has 0 aliphatic carbocycles. The molecule has 2 aromatic carbocycles. The second-order valence-corrected chi connectivity index (χ2v) is 5.27. The van der Waals surface area contributed by atoms with Gasteiger partial charge in [0, 0.05) is 12.2 Å². The van der Waals surface area contributed by atoms with Crippen LogP contribution in [0.2, 0.25) is 0 Å². The number of nitrogens with zero attached hydrogens (tertiary/aromatic N) is 2. The zero-order chi connectivity index (χ0) is 19.6. The van der Waals surface area contributed by atoms with E-state index in [0.717, 1.165) is 0 Å². The molecule has 1 amide bonds. The summed E-state index contributed by atoms with van der Waals surface area (Å²) in [7, 11) is 0. The number of para-hydroxylation sites is 1. The van der Waals surface area contributed by atoms with Gasteiger partial charge in [-0.05, 0) is 36.4 Å². The summed E-state index contributed by atoms with van der Waals surface area (Å²) < 4.78 is 33.4. The molecule has 2 aromatic rings. The summed E-state index contributed by atoms with van der Waals surface area (Å²) >= 11 is 0. The molecule has 0 aromatic heterocycles. The lowest BCUT2D eigenvalue weighted by molar-refractivity contribution is -0.121. The maximum absolute atomic E-state index is 12.4. The van der Waals surface area contributed by atoms with Crippen LogP contribution in [0.15, 0.2) is 54.6 Å². The van der Waals surface area contributed by atoms with Crippen LogP contribution in [0.1, 0.15) is 16.8 Å². The van der Waals surface area contributed by atoms with Crippen molar-refractivity contribution in [1.29, 1.82) is 5.26 Å². The number of anilines is 1. The summed E-state index contributed by atoms with van der Waals surface area (Å²) in [6.07, 6.45) is 0.125. The third-order valence-electron chi connectivity index (χ3n) is 3.46. The summed E-state index contributed by atoms with van der Waals surface area (Å²) in [5.74, 6) is -1.35. The molecule has 0 spiro atoms. The Morgan fingerprint density at radius 2 is 1.74 bits per heavy atom. The number of benzene rings is 2. The summed E-state index contributed by atoms with van der Waals surface area (Å²) in [6.45, 7) is -3.32. The van der Waals surface area contributed by atoms with Gasteiger partial charge in [-0.2, -0.15) is 14.0 Å². The van der Waals surface area contributed by atoms with Gasteiger partial charge in [-0.3, -0.25) is 4.79 Å². The third kappa shape index (κ3) is 6.08. The van der Waals surface area contributed by atoms with Crippen molar-refractivity contribution in [2.45, 2.75) is 13.0 Å². The van der Waals surface area contributed by atoms with Crippen molar-refractivity contribution in [2.75, 3.05) is 18.1 Å². The van der Waals surface area contributed by atoms with Crippen molar-refractivity contribution in [3.8, 4) is 11.8 Å². The van der Waals surface area contributed by atoms with Crippen LogP contribution >= 0.6 is 0 Å². The highest BCUT2D eigenvalue weighted by Gasteiger charge is 2.18. The zero-order valence-electron chi connectivity index (χ0n) is 14.2. The SMILES string of the molecule is N#CCCN(C(=O)COC(=O)c1ccc(OC(F)F)cc1)c1ccccc1. The molecule has 0 heterocycles. The van der Waals surface area contributed by atoms with Gasteiger partial charge < -0.3 is 14.4 Å². The predicted molar refractivity (Wildman–Crippen MR) is 92.4 cm³/mol. The van der Waals surface area contributed by atoms with E-state index in [1.54, 1.807) is 30.3 Å². The van der Waals surface area contributed by atoms with E-state index >= 15 is 0 Å². The second kappa shape index (κ2) is 9.87. The number of carbonyl (C=O) groups excluding carboxylic acids is 2. The molecule has 140 valence electrons. The number of nitriles is 1. The molecule has 8 heteroatoms. The van der Waals surface area contributed by atoms with Crippen molar-refractivity contribution in [2.24, 2.45) is 0 Å². The van der Waals surface area contributed by atoms with Gasteiger partial charge in [0.15, 0.2) is 6.61 Å². The Bertz CT molecular complexity index is 805. The van der Waals surface area contributed by atoms with Gasteiger partial charge in [0.05, 0.1) is 18.1 Å². The molecule has 0 N–H and O–H groups in total. The first-order chi connectivity index (χ1) is 13.0. The lowest BCUT2D eigenvalue weighted by Crippen LogP contribution is -2.35. The smallest absolute Gasteiger partial charge is 0.387 e. The number of rotatable bonds is 8. The van der Waals surface area contributed by atoms with Crippen LogP contribution in [0.5, 0.6) is 5.75 Å². The molecule has 0 atom stereocenters. The van der Waals surface area contributed by atoms with E-state index in [1.165, 1.54) is 29.2 Å². The van der Waals surface area contributed by atoms with Gasteiger partial charge in [-0.15, -0.1) is 0 Å². The number of ether oxygens (including phenoxy) is 2. The maximum atomic E-state index is 12.4. The molecule has 6 nitrogen and oxygen atoms in total. The van der Waals surface area contributed by atoms with Crippen molar-refractivity contribution in [1.82, 2.24) is 0 Å². The quantitative estimate of drug-likeness (QED) is 0.662. The fourth-order valence-corrected chi connectivity index (χ4v) is 2.23. The largest absolute Gasteiger partial charge is 0.452 e. The normalized spacial score (nSPS) is 10.1. The standard InChI is InChI=1S/C19H16F2N2O4/c20-19(21)27-16-9-7-14(8-10-16)18(25)26-13-17(24)23(12-4-11-22)15-5-2-1-3-6-15/h1-3,5-10,19H,4,12-13H2. The van der Waals surface area contributed by atoms with Crippen LogP contribution in [-0.2, 0) is 9.53 Å². The minimum absolute atomic E-state index is 0.0905. The molecule has 0 aliphatic rings. The summed E-state index contributed by atoms with van der Waals surface area (Å²) in [5, 5.41) is 8.76. The lowest BCUT2D eigenvalue weighted by atomic mass is 10.2. The molecule has 0 saturated carbocycles.